The number of nitrogens with zero attached hydrogens (tertiary/aromatic N) is 4. The molecule has 2 fully saturated rings. The summed E-state index contributed by atoms with van der Waals surface area (Å²) in [5.41, 5.74) is -0.0428. The summed E-state index contributed by atoms with van der Waals surface area (Å²) >= 11 is 0. The van der Waals surface area contributed by atoms with Gasteiger partial charge in [-0.15, -0.1) is 10.2 Å². The molecule has 1 heterocycles. The molecule has 0 saturated heterocycles. The van der Waals surface area contributed by atoms with Gasteiger partial charge in [-0.1, -0.05) is 12.8 Å². The lowest BCUT2D eigenvalue weighted by molar-refractivity contribution is -0.0335. The quantitative estimate of drug-likeness (QED) is 0.866. The summed E-state index contributed by atoms with van der Waals surface area (Å²) in [5.74, 6) is 0.669. The zero-order chi connectivity index (χ0) is 12.6. The molecule has 1 aromatic heterocycles. The zero-order valence-corrected chi connectivity index (χ0v) is 11.1. The molecular weight excluding hydrogens is 228 g/mol. The highest BCUT2D eigenvalue weighted by Gasteiger charge is 2.43. The first-order chi connectivity index (χ1) is 8.59. The van der Waals surface area contributed by atoms with Gasteiger partial charge in [0.2, 0.25) is 0 Å². The van der Waals surface area contributed by atoms with Crippen LogP contribution in [0.15, 0.2) is 0 Å². The fraction of sp³-hybridized carbons (Fsp3) is 0.923. The second-order valence-corrected chi connectivity index (χ2v) is 6.30. The van der Waals surface area contributed by atoms with Crippen LogP contribution in [0.3, 0.4) is 0 Å². The summed E-state index contributed by atoms with van der Waals surface area (Å²) in [7, 11) is 1.76. The summed E-state index contributed by atoms with van der Waals surface area (Å²) < 4.78 is 0. The molecule has 18 heavy (non-hydrogen) atoms. The molecule has 100 valence electrons. The normalized spacial score (nSPS) is 25.7. The Hall–Kier alpha value is -0.970. The topological polar surface area (TPSA) is 63.8 Å². The molecule has 3 rings (SSSR count). The van der Waals surface area contributed by atoms with Gasteiger partial charge in [-0.25, -0.2) is 0 Å². The molecule has 0 atom stereocenters. The first kappa shape index (κ1) is 12.1. The van der Waals surface area contributed by atoms with E-state index in [2.05, 4.69) is 15.4 Å². The molecule has 2 aliphatic carbocycles. The van der Waals surface area contributed by atoms with E-state index in [0.717, 1.165) is 12.8 Å². The summed E-state index contributed by atoms with van der Waals surface area (Å²) in [6.07, 6.45) is 10.2. The van der Waals surface area contributed by atoms with Crippen molar-refractivity contribution in [1.29, 1.82) is 0 Å². The van der Waals surface area contributed by atoms with Gasteiger partial charge < -0.3 is 5.11 Å². The Kier molecular flexibility index (Phi) is 2.88. The Morgan fingerprint density at radius 2 is 1.78 bits per heavy atom. The largest absolute Gasteiger partial charge is 0.389 e. The van der Waals surface area contributed by atoms with Crippen molar-refractivity contribution in [3.8, 4) is 0 Å². The van der Waals surface area contributed by atoms with Crippen molar-refractivity contribution in [1.82, 2.24) is 20.2 Å². The molecule has 5 nitrogen and oxygen atoms in total. The SMILES string of the molecule is Cn1nnc(CC2(O)CCC3(CCCC3)CC2)n1. The molecule has 0 radical (unpaired) electrons. The van der Waals surface area contributed by atoms with Crippen LogP contribution in [0.2, 0.25) is 0 Å². The van der Waals surface area contributed by atoms with E-state index in [4.69, 9.17) is 0 Å². The van der Waals surface area contributed by atoms with E-state index >= 15 is 0 Å². The molecule has 1 spiro atoms. The third-order valence-corrected chi connectivity index (χ3v) is 4.94. The standard InChI is InChI=1S/C13H22N4O/c1-17-15-11(14-16-17)10-13(18)8-6-12(7-9-13)4-2-3-5-12/h18H,2-10H2,1H3. The highest BCUT2D eigenvalue weighted by Crippen LogP contribution is 2.51. The molecule has 5 heteroatoms. The molecule has 1 N–H and O–H groups in total. The number of aromatic nitrogens is 4. The van der Waals surface area contributed by atoms with Crippen molar-refractivity contribution in [2.45, 2.75) is 63.4 Å². The van der Waals surface area contributed by atoms with Crippen LogP contribution in [0, 0.1) is 5.41 Å². The van der Waals surface area contributed by atoms with Crippen LogP contribution in [-0.4, -0.2) is 30.9 Å². The van der Waals surface area contributed by atoms with Gasteiger partial charge >= 0.3 is 0 Å². The molecule has 1 aromatic rings. The first-order valence-electron chi connectivity index (χ1n) is 7.05. The van der Waals surface area contributed by atoms with Gasteiger partial charge in [-0.05, 0) is 49.2 Å². The van der Waals surface area contributed by atoms with E-state index in [1.807, 2.05) is 0 Å². The Morgan fingerprint density at radius 1 is 1.11 bits per heavy atom. The monoisotopic (exact) mass is 250 g/mol. The fourth-order valence-electron chi connectivity index (χ4n) is 3.74. The summed E-state index contributed by atoms with van der Waals surface area (Å²) in [6.45, 7) is 0. The minimum absolute atomic E-state index is 0.553. The lowest BCUT2D eigenvalue weighted by Crippen LogP contribution is -2.40. The minimum atomic E-state index is -0.600. The van der Waals surface area contributed by atoms with Crippen molar-refractivity contribution < 1.29 is 5.11 Å². The number of aliphatic hydroxyl groups is 1. The molecule has 2 aliphatic rings. The molecule has 2 saturated carbocycles. The predicted molar refractivity (Wildman–Crippen MR) is 66.8 cm³/mol. The maximum atomic E-state index is 10.7. The number of hydrogen-bond donors (Lipinski definition) is 1. The van der Waals surface area contributed by atoms with Gasteiger partial charge in [0.15, 0.2) is 5.82 Å². The first-order valence-corrected chi connectivity index (χ1v) is 7.05. The van der Waals surface area contributed by atoms with E-state index in [-0.39, 0.29) is 0 Å². The average Bonchev–Trinajstić information content (AvgIpc) is 2.94. The van der Waals surface area contributed by atoms with Gasteiger partial charge in [0.1, 0.15) is 0 Å². The molecule has 0 aromatic carbocycles. The van der Waals surface area contributed by atoms with Crippen LogP contribution in [0.4, 0.5) is 0 Å². The van der Waals surface area contributed by atoms with Gasteiger partial charge in [-0.3, -0.25) is 0 Å². The van der Waals surface area contributed by atoms with Gasteiger partial charge in [0.25, 0.3) is 0 Å². The van der Waals surface area contributed by atoms with Gasteiger partial charge in [0, 0.05) is 6.42 Å². The van der Waals surface area contributed by atoms with Crippen molar-refractivity contribution in [2.24, 2.45) is 12.5 Å². The lowest BCUT2D eigenvalue weighted by atomic mass is 9.67. The van der Waals surface area contributed by atoms with E-state index in [1.165, 1.54) is 43.3 Å². The smallest absolute Gasteiger partial charge is 0.177 e. The van der Waals surface area contributed by atoms with Crippen molar-refractivity contribution in [3.63, 3.8) is 0 Å². The number of hydrogen-bond acceptors (Lipinski definition) is 4. The third kappa shape index (κ3) is 2.28. The van der Waals surface area contributed by atoms with Crippen LogP contribution >= 0.6 is 0 Å². The van der Waals surface area contributed by atoms with Crippen LogP contribution in [-0.2, 0) is 13.5 Å². The molecule has 0 bridgehead atoms. The minimum Gasteiger partial charge on any atom is -0.389 e. The second kappa shape index (κ2) is 4.30. The van der Waals surface area contributed by atoms with Crippen molar-refractivity contribution in [2.75, 3.05) is 0 Å². The Bertz CT molecular complexity index is 412. The van der Waals surface area contributed by atoms with Crippen LogP contribution in [0.25, 0.3) is 0 Å². The summed E-state index contributed by atoms with van der Waals surface area (Å²) in [5, 5.41) is 22.6. The van der Waals surface area contributed by atoms with Gasteiger partial charge in [-0.2, -0.15) is 4.80 Å². The average molecular weight is 250 g/mol. The predicted octanol–water partition coefficient (Wildman–Crippen LogP) is 1.62. The van der Waals surface area contributed by atoms with Crippen LogP contribution in [0.5, 0.6) is 0 Å². The molecule has 0 amide bonds. The van der Waals surface area contributed by atoms with E-state index < -0.39 is 5.60 Å². The Balaban J connectivity index is 1.63. The number of aryl methyl sites for hydroxylation is 1. The second-order valence-electron chi connectivity index (χ2n) is 6.30. The Labute approximate surface area is 108 Å². The highest BCUT2D eigenvalue weighted by atomic mass is 16.3. The highest BCUT2D eigenvalue weighted by molar-refractivity contribution is 4.99. The molecule has 0 unspecified atom stereocenters. The maximum Gasteiger partial charge on any atom is 0.177 e. The fourth-order valence-corrected chi connectivity index (χ4v) is 3.74. The van der Waals surface area contributed by atoms with Gasteiger partial charge in [0.05, 0.1) is 12.6 Å². The zero-order valence-electron chi connectivity index (χ0n) is 11.1. The molecule has 0 aliphatic heterocycles. The molecular formula is C13H22N4O. The maximum absolute atomic E-state index is 10.7. The summed E-state index contributed by atoms with van der Waals surface area (Å²) in [4.78, 5) is 1.46. The van der Waals surface area contributed by atoms with E-state index in [1.54, 1.807) is 7.05 Å². The Morgan fingerprint density at radius 3 is 2.33 bits per heavy atom. The van der Waals surface area contributed by atoms with Crippen LogP contribution in [0.1, 0.15) is 57.2 Å². The van der Waals surface area contributed by atoms with Crippen molar-refractivity contribution in [3.05, 3.63) is 5.82 Å². The van der Waals surface area contributed by atoms with Crippen molar-refractivity contribution >= 4 is 0 Å². The van der Waals surface area contributed by atoms with Crippen LogP contribution < -0.4 is 0 Å². The number of tetrazole rings is 1. The van der Waals surface area contributed by atoms with E-state index in [0.29, 0.717) is 17.7 Å². The lowest BCUT2D eigenvalue weighted by Gasteiger charge is -2.41. The third-order valence-electron chi connectivity index (χ3n) is 4.94. The van der Waals surface area contributed by atoms with E-state index in [9.17, 15) is 5.11 Å². The number of rotatable bonds is 2. The summed E-state index contributed by atoms with van der Waals surface area (Å²) in [6, 6.07) is 0.